The Hall–Kier alpha value is -0.0800. The van der Waals surface area contributed by atoms with E-state index in [1.807, 2.05) is 0 Å². The van der Waals surface area contributed by atoms with Crippen LogP contribution in [0.15, 0.2) is 0 Å². The van der Waals surface area contributed by atoms with E-state index in [4.69, 9.17) is 0 Å². The van der Waals surface area contributed by atoms with Crippen LogP contribution in [0.2, 0.25) is 0 Å². The van der Waals surface area contributed by atoms with Gasteiger partial charge in [-0.3, -0.25) is 4.90 Å². The summed E-state index contributed by atoms with van der Waals surface area (Å²) in [5, 5.41) is 9.28. The molecule has 1 heterocycles. The minimum absolute atomic E-state index is 0.411. The van der Waals surface area contributed by atoms with Crippen molar-refractivity contribution >= 4 is 0 Å². The Balaban J connectivity index is 1.57. The fraction of sp³-hybridized carbons (Fsp3) is 1.00. The van der Waals surface area contributed by atoms with Gasteiger partial charge in [0.05, 0.1) is 0 Å². The maximum atomic E-state index is 9.28. The van der Waals surface area contributed by atoms with Crippen molar-refractivity contribution in [1.82, 2.24) is 4.90 Å². The van der Waals surface area contributed by atoms with Gasteiger partial charge in [-0.15, -0.1) is 0 Å². The molecule has 0 aromatic rings. The summed E-state index contributed by atoms with van der Waals surface area (Å²) < 4.78 is 0. The van der Waals surface area contributed by atoms with Gasteiger partial charge in [-0.25, -0.2) is 0 Å². The van der Waals surface area contributed by atoms with Gasteiger partial charge in [0.1, 0.15) is 0 Å². The Kier molecular flexibility index (Phi) is 2.10. The van der Waals surface area contributed by atoms with Gasteiger partial charge >= 0.3 is 0 Å². The Morgan fingerprint density at radius 2 is 1.93 bits per heavy atom. The van der Waals surface area contributed by atoms with Gasteiger partial charge in [0, 0.05) is 25.7 Å². The molecule has 2 unspecified atom stereocenters. The van der Waals surface area contributed by atoms with Gasteiger partial charge in [0.2, 0.25) is 0 Å². The van der Waals surface area contributed by atoms with Gasteiger partial charge in [-0.05, 0) is 37.0 Å². The summed E-state index contributed by atoms with van der Waals surface area (Å²) in [6.45, 7) is 3.09. The van der Waals surface area contributed by atoms with E-state index in [2.05, 4.69) is 4.90 Å². The van der Waals surface area contributed by atoms with Gasteiger partial charge in [0.15, 0.2) is 0 Å². The number of hydrogen-bond acceptors (Lipinski definition) is 2. The van der Waals surface area contributed by atoms with Crippen molar-refractivity contribution in [2.75, 3.05) is 19.7 Å². The van der Waals surface area contributed by atoms with E-state index in [9.17, 15) is 5.11 Å². The molecule has 3 fully saturated rings. The maximum Gasteiger partial charge on any atom is 0.0474 e. The lowest BCUT2D eigenvalue weighted by Crippen LogP contribution is -2.63. The monoisotopic (exact) mass is 195 g/mol. The first-order valence-electron chi connectivity index (χ1n) is 6.18. The molecule has 3 rings (SSSR count). The van der Waals surface area contributed by atoms with Crippen molar-refractivity contribution in [1.29, 1.82) is 0 Å². The van der Waals surface area contributed by atoms with Crippen molar-refractivity contribution in [3.8, 4) is 0 Å². The van der Waals surface area contributed by atoms with E-state index >= 15 is 0 Å². The van der Waals surface area contributed by atoms with Crippen LogP contribution in [-0.4, -0.2) is 35.7 Å². The highest BCUT2D eigenvalue weighted by atomic mass is 16.3. The van der Waals surface area contributed by atoms with E-state index in [-0.39, 0.29) is 0 Å². The summed E-state index contributed by atoms with van der Waals surface area (Å²) in [5.41, 5.74) is 0.753. The van der Waals surface area contributed by atoms with Crippen LogP contribution in [0.5, 0.6) is 0 Å². The van der Waals surface area contributed by atoms with Gasteiger partial charge < -0.3 is 5.11 Å². The van der Waals surface area contributed by atoms with Crippen LogP contribution in [0, 0.1) is 11.3 Å². The Morgan fingerprint density at radius 1 is 1.14 bits per heavy atom. The molecule has 14 heavy (non-hydrogen) atoms. The third kappa shape index (κ3) is 1.24. The number of aliphatic hydroxyl groups is 1. The molecule has 0 amide bonds. The van der Waals surface area contributed by atoms with Gasteiger partial charge in [0.25, 0.3) is 0 Å². The average molecular weight is 195 g/mol. The third-order valence-corrected chi connectivity index (χ3v) is 4.81. The Labute approximate surface area is 86.3 Å². The van der Waals surface area contributed by atoms with Crippen LogP contribution in [0.1, 0.15) is 38.5 Å². The summed E-state index contributed by atoms with van der Waals surface area (Å²) in [6.07, 6.45) is 8.33. The highest BCUT2D eigenvalue weighted by molar-refractivity contribution is 5.04. The summed E-state index contributed by atoms with van der Waals surface area (Å²) in [4.78, 5) is 2.65. The zero-order valence-electron chi connectivity index (χ0n) is 8.91. The molecule has 0 aromatic carbocycles. The second kappa shape index (κ2) is 3.21. The van der Waals surface area contributed by atoms with Crippen molar-refractivity contribution in [2.24, 2.45) is 11.3 Å². The minimum atomic E-state index is 0.411. The maximum absolute atomic E-state index is 9.28. The van der Waals surface area contributed by atoms with Crippen LogP contribution in [0.4, 0.5) is 0 Å². The highest BCUT2D eigenvalue weighted by Crippen LogP contribution is 2.50. The van der Waals surface area contributed by atoms with E-state index < -0.39 is 0 Å². The number of aliphatic hydroxyl groups excluding tert-OH is 1. The molecule has 80 valence electrons. The molecule has 2 aliphatic carbocycles. The van der Waals surface area contributed by atoms with Crippen LogP contribution in [0.3, 0.4) is 0 Å². The number of hydrogen-bond donors (Lipinski definition) is 1. The van der Waals surface area contributed by atoms with Crippen molar-refractivity contribution in [3.05, 3.63) is 0 Å². The minimum Gasteiger partial charge on any atom is -0.396 e. The molecule has 0 radical (unpaired) electrons. The number of nitrogens with zero attached hydrogens (tertiary/aromatic N) is 1. The zero-order valence-corrected chi connectivity index (χ0v) is 8.91. The third-order valence-electron chi connectivity index (χ3n) is 4.81. The van der Waals surface area contributed by atoms with E-state index in [0.29, 0.717) is 12.5 Å². The van der Waals surface area contributed by atoms with E-state index in [1.165, 1.54) is 51.6 Å². The lowest BCUT2D eigenvalue weighted by Gasteiger charge is -2.58. The molecule has 2 nitrogen and oxygen atoms in total. The van der Waals surface area contributed by atoms with E-state index in [0.717, 1.165) is 11.5 Å². The molecule has 1 N–H and O–H groups in total. The first-order chi connectivity index (χ1) is 6.83. The van der Waals surface area contributed by atoms with E-state index in [1.54, 1.807) is 0 Å². The average Bonchev–Trinajstić information content (AvgIpc) is 2.47. The lowest BCUT2D eigenvalue weighted by atomic mass is 9.63. The van der Waals surface area contributed by atoms with Gasteiger partial charge in [-0.2, -0.15) is 0 Å². The Bertz CT molecular complexity index is 216. The SMILES string of the molecule is OCC1CCCC1N1CC2(CCC2)C1. The van der Waals surface area contributed by atoms with Gasteiger partial charge in [-0.1, -0.05) is 12.8 Å². The smallest absolute Gasteiger partial charge is 0.0474 e. The number of rotatable bonds is 2. The fourth-order valence-corrected chi connectivity index (χ4v) is 3.75. The van der Waals surface area contributed by atoms with Crippen molar-refractivity contribution < 1.29 is 5.11 Å². The van der Waals surface area contributed by atoms with Crippen LogP contribution in [-0.2, 0) is 0 Å². The summed E-state index contributed by atoms with van der Waals surface area (Å²) >= 11 is 0. The van der Waals surface area contributed by atoms with Crippen LogP contribution in [0.25, 0.3) is 0 Å². The normalized spacial score (nSPS) is 40.9. The molecule has 0 aromatic heterocycles. The molecule has 1 saturated heterocycles. The predicted molar refractivity (Wildman–Crippen MR) is 56.1 cm³/mol. The standard InChI is InChI=1S/C12H21NO/c14-7-10-3-1-4-11(10)13-8-12(9-13)5-2-6-12/h10-11,14H,1-9H2. The molecule has 2 heteroatoms. The topological polar surface area (TPSA) is 23.5 Å². The van der Waals surface area contributed by atoms with Crippen LogP contribution < -0.4 is 0 Å². The van der Waals surface area contributed by atoms with Crippen molar-refractivity contribution in [3.63, 3.8) is 0 Å². The highest BCUT2D eigenvalue weighted by Gasteiger charge is 2.50. The lowest BCUT2D eigenvalue weighted by molar-refractivity contribution is -0.0934. The molecule has 2 atom stereocenters. The molecule has 2 saturated carbocycles. The molecular weight excluding hydrogens is 174 g/mol. The van der Waals surface area contributed by atoms with Crippen LogP contribution >= 0.6 is 0 Å². The summed E-state index contributed by atoms with van der Waals surface area (Å²) in [7, 11) is 0. The molecule has 1 aliphatic heterocycles. The second-order valence-electron chi connectivity index (χ2n) is 5.70. The zero-order chi connectivity index (χ0) is 9.60. The summed E-state index contributed by atoms with van der Waals surface area (Å²) in [5.74, 6) is 0.590. The molecule has 3 aliphatic rings. The first-order valence-corrected chi connectivity index (χ1v) is 6.18. The summed E-state index contributed by atoms with van der Waals surface area (Å²) in [6, 6.07) is 0.728. The molecular formula is C12H21NO. The quantitative estimate of drug-likeness (QED) is 0.724. The molecule has 0 bridgehead atoms. The predicted octanol–water partition coefficient (Wildman–Crippen LogP) is 1.63. The Morgan fingerprint density at radius 3 is 2.50 bits per heavy atom. The fourth-order valence-electron chi connectivity index (χ4n) is 3.75. The number of likely N-dealkylation sites (tertiary alicyclic amines) is 1. The molecule has 1 spiro atoms. The largest absolute Gasteiger partial charge is 0.396 e. The first kappa shape index (κ1) is 9.17. The second-order valence-corrected chi connectivity index (χ2v) is 5.70. The van der Waals surface area contributed by atoms with Crippen molar-refractivity contribution in [2.45, 2.75) is 44.6 Å².